The molecule has 0 spiro atoms. The van der Waals surface area contributed by atoms with Gasteiger partial charge in [-0.05, 0) is 25.7 Å². The predicted molar refractivity (Wildman–Crippen MR) is 54.8 cm³/mol. The Morgan fingerprint density at radius 2 is 2.43 bits per heavy atom. The van der Waals surface area contributed by atoms with Crippen LogP contribution in [-0.2, 0) is 9.53 Å². The molecule has 2 atom stereocenters. The van der Waals surface area contributed by atoms with E-state index in [0.29, 0.717) is 5.92 Å². The number of unbranched alkanes of at least 4 members (excludes halogenated alkanes) is 1. The molecule has 2 aliphatic rings. The molecule has 0 amide bonds. The summed E-state index contributed by atoms with van der Waals surface area (Å²) in [4.78, 5) is 11.5. The second kappa shape index (κ2) is 4.16. The average molecular weight is 194 g/mol. The smallest absolute Gasteiger partial charge is 0.334 e. The van der Waals surface area contributed by atoms with Gasteiger partial charge >= 0.3 is 5.97 Å². The zero-order chi connectivity index (χ0) is 9.97. The zero-order valence-corrected chi connectivity index (χ0v) is 8.79. The van der Waals surface area contributed by atoms with E-state index in [1.54, 1.807) is 0 Å². The molecule has 2 rings (SSSR count). The van der Waals surface area contributed by atoms with Gasteiger partial charge in [0.15, 0.2) is 0 Å². The Hall–Kier alpha value is -0.790. The molecule has 1 heterocycles. The summed E-state index contributed by atoms with van der Waals surface area (Å²) in [5.74, 6) is 0.374. The van der Waals surface area contributed by atoms with E-state index < -0.39 is 0 Å². The van der Waals surface area contributed by atoms with Crippen molar-refractivity contribution in [1.82, 2.24) is 0 Å². The first-order valence-corrected chi connectivity index (χ1v) is 5.74. The highest BCUT2D eigenvalue weighted by molar-refractivity contribution is 5.91. The minimum atomic E-state index is -0.0456. The fourth-order valence-electron chi connectivity index (χ4n) is 2.48. The van der Waals surface area contributed by atoms with Crippen LogP contribution in [0.2, 0.25) is 0 Å². The van der Waals surface area contributed by atoms with Gasteiger partial charge in [0.05, 0.1) is 0 Å². The van der Waals surface area contributed by atoms with Crippen molar-refractivity contribution in [1.29, 1.82) is 0 Å². The number of esters is 1. The molecule has 0 bridgehead atoms. The molecule has 78 valence electrons. The molecule has 0 radical (unpaired) electrons. The van der Waals surface area contributed by atoms with Crippen LogP contribution in [0.4, 0.5) is 0 Å². The average Bonchev–Trinajstić information content (AvgIpc) is 2.54. The van der Waals surface area contributed by atoms with E-state index in [1.807, 2.05) is 0 Å². The number of cyclic esters (lactones) is 1. The third-order valence-corrected chi connectivity index (χ3v) is 3.27. The van der Waals surface area contributed by atoms with Gasteiger partial charge in [0.25, 0.3) is 0 Å². The molecule has 1 aliphatic heterocycles. The minimum Gasteiger partial charge on any atom is -0.458 e. The first-order valence-electron chi connectivity index (χ1n) is 5.74. The van der Waals surface area contributed by atoms with Gasteiger partial charge in [-0.3, -0.25) is 0 Å². The van der Waals surface area contributed by atoms with Gasteiger partial charge in [0, 0.05) is 11.5 Å². The van der Waals surface area contributed by atoms with Gasteiger partial charge in [-0.2, -0.15) is 0 Å². The Morgan fingerprint density at radius 3 is 3.21 bits per heavy atom. The standard InChI is InChI=1S/C12H18O2/c1-2-3-8-11-9-6-4-5-7-10(9)12(13)14-11/h7,9,11H,2-6,8H2,1H3. The van der Waals surface area contributed by atoms with Crippen LogP contribution >= 0.6 is 0 Å². The summed E-state index contributed by atoms with van der Waals surface area (Å²) in [6.07, 6.45) is 9.09. The Bertz CT molecular complexity index is 255. The van der Waals surface area contributed by atoms with Crippen molar-refractivity contribution in [2.75, 3.05) is 0 Å². The number of allylic oxidation sites excluding steroid dienone is 1. The number of carbonyl (C=O) groups excluding carboxylic acids is 1. The molecule has 2 heteroatoms. The molecule has 0 saturated carbocycles. The van der Waals surface area contributed by atoms with E-state index in [0.717, 1.165) is 24.8 Å². The van der Waals surface area contributed by atoms with Crippen molar-refractivity contribution < 1.29 is 9.53 Å². The van der Waals surface area contributed by atoms with E-state index >= 15 is 0 Å². The van der Waals surface area contributed by atoms with Gasteiger partial charge < -0.3 is 4.74 Å². The second-order valence-corrected chi connectivity index (χ2v) is 4.28. The molecule has 1 aliphatic carbocycles. The maximum Gasteiger partial charge on any atom is 0.334 e. The van der Waals surface area contributed by atoms with Crippen molar-refractivity contribution in [3.05, 3.63) is 11.6 Å². The van der Waals surface area contributed by atoms with Crippen LogP contribution in [0, 0.1) is 5.92 Å². The molecular formula is C12H18O2. The highest BCUT2D eigenvalue weighted by Crippen LogP contribution is 2.37. The van der Waals surface area contributed by atoms with Gasteiger partial charge in [-0.15, -0.1) is 0 Å². The fraction of sp³-hybridized carbons (Fsp3) is 0.750. The van der Waals surface area contributed by atoms with E-state index in [4.69, 9.17) is 4.74 Å². The molecule has 0 aromatic carbocycles. The van der Waals surface area contributed by atoms with Crippen molar-refractivity contribution in [2.24, 2.45) is 5.92 Å². The van der Waals surface area contributed by atoms with Crippen molar-refractivity contribution in [3.8, 4) is 0 Å². The normalized spacial score (nSPS) is 30.9. The summed E-state index contributed by atoms with van der Waals surface area (Å²) >= 11 is 0. The quantitative estimate of drug-likeness (QED) is 0.646. The third-order valence-electron chi connectivity index (χ3n) is 3.27. The summed E-state index contributed by atoms with van der Waals surface area (Å²) in [5, 5.41) is 0. The van der Waals surface area contributed by atoms with Crippen LogP contribution in [0.15, 0.2) is 11.6 Å². The summed E-state index contributed by atoms with van der Waals surface area (Å²) in [7, 11) is 0. The maximum absolute atomic E-state index is 11.5. The molecular weight excluding hydrogens is 176 g/mol. The molecule has 14 heavy (non-hydrogen) atoms. The number of hydrogen-bond donors (Lipinski definition) is 0. The van der Waals surface area contributed by atoms with Crippen molar-refractivity contribution in [2.45, 2.75) is 51.6 Å². The minimum absolute atomic E-state index is 0.0456. The number of rotatable bonds is 3. The molecule has 0 N–H and O–H groups in total. The van der Waals surface area contributed by atoms with Crippen LogP contribution in [0.3, 0.4) is 0 Å². The maximum atomic E-state index is 11.5. The summed E-state index contributed by atoms with van der Waals surface area (Å²) in [6, 6.07) is 0. The number of carbonyl (C=O) groups is 1. The molecule has 0 aromatic heterocycles. The molecule has 1 fully saturated rings. The van der Waals surface area contributed by atoms with E-state index in [2.05, 4.69) is 13.0 Å². The summed E-state index contributed by atoms with van der Waals surface area (Å²) < 4.78 is 5.40. The SMILES string of the molecule is CCCCC1OC(=O)C2=CCCCC21. The van der Waals surface area contributed by atoms with Gasteiger partial charge in [0.2, 0.25) is 0 Å². The van der Waals surface area contributed by atoms with Crippen LogP contribution < -0.4 is 0 Å². The first-order chi connectivity index (χ1) is 6.83. The van der Waals surface area contributed by atoms with Crippen molar-refractivity contribution in [3.63, 3.8) is 0 Å². The van der Waals surface area contributed by atoms with Crippen LogP contribution in [0.1, 0.15) is 45.4 Å². The number of fused-ring (bicyclic) bond motifs is 1. The highest BCUT2D eigenvalue weighted by Gasteiger charge is 2.39. The van der Waals surface area contributed by atoms with Crippen LogP contribution in [0.5, 0.6) is 0 Å². The second-order valence-electron chi connectivity index (χ2n) is 4.28. The van der Waals surface area contributed by atoms with E-state index in [9.17, 15) is 4.79 Å². The number of ether oxygens (including phenoxy) is 1. The fourth-order valence-corrected chi connectivity index (χ4v) is 2.48. The Kier molecular flexibility index (Phi) is 2.90. The third kappa shape index (κ3) is 1.70. The Morgan fingerprint density at radius 1 is 1.57 bits per heavy atom. The topological polar surface area (TPSA) is 26.3 Å². The van der Waals surface area contributed by atoms with Gasteiger partial charge in [-0.25, -0.2) is 4.79 Å². The van der Waals surface area contributed by atoms with Gasteiger partial charge in [-0.1, -0.05) is 25.8 Å². The molecule has 1 saturated heterocycles. The Labute approximate surface area is 85.3 Å². The van der Waals surface area contributed by atoms with Crippen LogP contribution in [0.25, 0.3) is 0 Å². The molecule has 0 aromatic rings. The zero-order valence-electron chi connectivity index (χ0n) is 8.79. The number of hydrogen-bond acceptors (Lipinski definition) is 2. The lowest BCUT2D eigenvalue weighted by Crippen LogP contribution is -2.18. The molecule has 2 unspecified atom stereocenters. The van der Waals surface area contributed by atoms with E-state index in [1.165, 1.54) is 19.3 Å². The lowest BCUT2D eigenvalue weighted by molar-refractivity contribution is -0.139. The predicted octanol–water partition coefficient (Wildman–Crippen LogP) is 2.83. The van der Waals surface area contributed by atoms with Gasteiger partial charge in [0.1, 0.15) is 6.10 Å². The first kappa shape index (κ1) is 9.75. The van der Waals surface area contributed by atoms with Crippen LogP contribution in [-0.4, -0.2) is 12.1 Å². The lowest BCUT2D eigenvalue weighted by atomic mass is 9.84. The Balaban J connectivity index is 2.04. The largest absolute Gasteiger partial charge is 0.458 e. The monoisotopic (exact) mass is 194 g/mol. The van der Waals surface area contributed by atoms with Crippen molar-refractivity contribution >= 4 is 5.97 Å². The summed E-state index contributed by atoms with van der Waals surface area (Å²) in [5.41, 5.74) is 0.970. The molecule has 2 nitrogen and oxygen atoms in total. The van der Waals surface area contributed by atoms with E-state index in [-0.39, 0.29) is 12.1 Å². The summed E-state index contributed by atoms with van der Waals surface area (Å²) in [6.45, 7) is 2.17. The highest BCUT2D eigenvalue weighted by atomic mass is 16.6. The lowest BCUT2D eigenvalue weighted by Gasteiger charge is -2.19.